The third kappa shape index (κ3) is 3.55. The summed E-state index contributed by atoms with van der Waals surface area (Å²) in [7, 11) is 0. The highest BCUT2D eigenvalue weighted by molar-refractivity contribution is 5.96. The molecule has 0 heterocycles. The molecule has 0 saturated heterocycles. The summed E-state index contributed by atoms with van der Waals surface area (Å²) in [6.45, 7) is 2.99. The van der Waals surface area contributed by atoms with Crippen LogP contribution in [-0.4, -0.2) is 21.4 Å². The summed E-state index contributed by atoms with van der Waals surface area (Å²) >= 11 is 0. The number of nitro groups is 1. The van der Waals surface area contributed by atoms with Gasteiger partial charge in [-0.1, -0.05) is 0 Å². The Balaban J connectivity index is 2.62. The van der Waals surface area contributed by atoms with E-state index in [1.807, 2.05) is 0 Å². The fourth-order valence-corrected chi connectivity index (χ4v) is 1.30. The number of carbonyl (C=O) groups is 1. The summed E-state index contributed by atoms with van der Waals surface area (Å²) in [5.41, 5.74) is -0.631. The van der Waals surface area contributed by atoms with Crippen LogP contribution in [0.1, 0.15) is 37.0 Å². The van der Waals surface area contributed by atoms with E-state index in [-0.39, 0.29) is 29.3 Å². The van der Waals surface area contributed by atoms with E-state index in [4.69, 9.17) is 5.11 Å². The summed E-state index contributed by atoms with van der Waals surface area (Å²) < 4.78 is 0. The van der Waals surface area contributed by atoms with Crippen molar-refractivity contribution in [3.8, 4) is 5.75 Å². The van der Waals surface area contributed by atoms with Crippen molar-refractivity contribution in [3.63, 3.8) is 0 Å². The number of hydrogen-bond donors (Lipinski definition) is 1. The molecule has 0 amide bonds. The molecule has 1 rings (SSSR count). The number of aromatic hydroxyl groups is 1. The summed E-state index contributed by atoms with van der Waals surface area (Å²) in [6, 6.07) is 5.87. The maximum atomic E-state index is 11.7. The van der Waals surface area contributed by atoms with Crippen LogP contribution in [-0.2, 0) is 0 Å². The van der Waals surface area contributed by atoms with Gasteiger partial charge in [0.2, 0.25) is 5.54 Å². The Kier molecular flexibility index (Phi) is 3.83. The number of rotatable bonds is 5. The number of ketones is 1. The van der Waals surface area contributed by atoms with Gasteiger partial charge < -0.3 is 5.11 Å². The van der Waals surface area contributed by atoms with Crippen LogP contribution in [0.5, 0.6) is 5.75 Å². The number of hydrogen-bond acceptors (Lipinski definition) is 4. The lowest BCUT2D eigenvalue weighted by molar-refractivity contribution is -0.561. The van der Waals surface area contributed by atoms with Crippen LogP contribution in [0.2, 0.25) is 0 Å². The molecule has 5 nitrogen and oxygen atoms in total. The molecule has 0 aliphatic heterocycles. The molecular formula is C12H15NO4. The highest BCUT2D eigenvalue weighted by Crippen LogP contribution is 2.18. The second-order valence-electron chi connectivity index (χ2n) is 4.54. The molecule has 0 saturated carbocycles. The minimum absolute atomic E-state index is 0.0900. The molecule has 0 bridgehead atoms. The second kappa shape index (κ2) is 4.95. The molecule has 1 aromatic carbocycles. The van der Waals surface area contributed by atoms with Gasteiger partial charge in [0.05, 0.1) is 0 Å². The van der Waals surface area contributed by atoms with Gasteiger partial charge >= 0.3 is 0 Å². The maximum absolute atomic E-state index is 11.7. The van der Waals surface area contributed by atoms with Crippen molar-refractivity contribution >= 4 is 5.78 Å². The smallest absolute Gasteiger partial charge is 0.217 e. The van der Waals surface area contributed by atoms with Crippen molar-refractivity contribution in [2.24, 2.45) is 0 Å². The molecule has 1 aromatic rings. The van der Waals surface area contributed by atoms with Gasteiger partial charge in [-0.2, -0.15) is 0 Å². The van der Waals surface area contributed by atoms with E-state index in [1.165, 1.54) is 38.1 Å². The molecule has 0 unspecified atom stereocenters. The van der Waals surface area contributed by atoms with Crippen molar-refractivity contribution in [2.45, 2.75) is 32.2 Å². The molecule has 0 aliphatic rings. The average molecular weight is 237 g/mol. The maximum Gasteiger partial charge on any atom is 0.217 e. The van der Waals surface area contributed by atoms with Crippen LogP contribution < -0.4 is 0 Å². The van der Waals surface area contributed by atoms with Crippen molar-refractivity contribution in [3.05, 3.63) is 39.9 Å². The molecule has 92 valence electrons. The van der Waals surface area contributed by atoms with E-state index >= 15 is 0 Å². The molecule has 0 spiro atoms. The highest BCUT2D eigenvalue weighted by Gasteiger charge is 2.31. The van der Waals surface area contributed by atoms with Crippen LogP contribution in [0, 0.1) is 10.1 Å². The van der Waals surface area contributed by atoms with Gasteiger partial charge in [-0.3, -0.25) is 14.9 Å². The third-order valence-electron chi connectivity index (χ3n) is 2.65. The zero-order valence-corrected chi connectivity index (χ0v) is 9.84. The average Bonchev–Trinajstić information content (AvgIpc) is 2.27. The molecule has 0 atom stereocenters. The van der Waals surface area contributed by atoms with Gasteiger partial charge in [0.15, 0.2) is 5.78 Å². The van der Waals surface area contributed by atoms with Crippen molar-refractivity contribution in [1.29, 1.82) is 0 Å². The molecule has 5 heteroatoms. The number of carbonyl (C=O) groups excluding carboxylic acids is 1. The fourth-order valence-electron chi connectivity index (χ4n) is 1.30. The van der Waals surface area contributed by atoms with Gasteiger partial charge in [-0.25, -0.2) is 0 Å². The van der Waals surface area contributed by atoms with Gasteiger partial charge in [0.25, 0.3) is 0 Å². The standard InChI is InChI=1S/C12H15NO4/c1-12(2,13(16)17)8-7-11(15)9-3-5-10(14)6-4-9/h3-6,14H,7-8H2,1-2H3. The largest absolute Gasteiger partial charge is 0.508 e. The minimum atomic E-state index is -1.09. The number of benzene rings is 1. The van der Waals surface area contributed by atoms with E-state index in [0.717, 1.165) is 0 Å². The zero-order valence-electron chi connectivity index (χ0n) is 9.84. The highest BCUT2D eigenvalue weighted by atomic mass is 16.6. The molecule has 0 aromatic heterocycles. The number of nitrogens with zero attached hydrogens (tertiary/aromatic N) is 1. The Morgan fingerprint density at radius 1 is 1.35 bits per heavy atom. The predicted octanol–water partition coefficient (Wildman–Crippen LogP) is 2.41. The number of phenolic OH excluding ortho intramolecular Hbond substituents is 1. The Bertz CT molecular complexity index is 423. The van der Waals surface area contributed by atoms with Crippen molar-refractivity contribution in [1.82, 2.24) is 0 Å². The second-order valence-corrected chi connectivity index (χ2v) is 4.54. The monoisotopic (exact) mass is 237 g/mol. The lowest BCUT2D eigenvalue weighted by atomic mass is 9.95. The molecule has 0 aliphatic carbocycles. The van der Waals surface area contributed by atoms with Gasteiger partial charge in [-0.05, 0) is 24.3 Å². The fraction of sp³-hybridized carbons (Fsp3) is 0.417. The first-order chi connectivity index (χ1) is 7.83. The quantitative estimate of drug-likeness (QED) is 0.484. The van der Waals surface area contributed by atoms with Crippen LogP contribution in [0.15, 0.2) is 24.3 Å². The van der Waals surface area contributed by atoms with Gasteiger partial charge in [0.1, 0.15) is 5.75 Å². The predicted molar refractivity (Wildman–Crippen MR) is 62.7 cm³/mol. The summed E-state index contributed by atoms with van der Waals surface area (Å²) in [5, 5.41) is 19.7. The molecule has 0 radical (unpaired) electrons. The lowest BCUT2D eigenvalue weighted by Crippen LogP contribution is -2.31. The Morgan fingerprint density at radius 3 is 2.35 bits per heavy atom. The topological polar surface area (TPSA) is 80.4 Å². The third-order valence-corrected chi connectivity index (χ3v) is 2.65. The minimum Gasteiger partial charge on any atom is -0.508 e. The van der Waals surface area contributed by atoms with Gasteiger partial charge in [-0.15, -0.1) is 0 Å². The van der Waals surface area contributed by atoms with E-state index in [1.54, 1.807) is 0 Å². The van der Waals surface area contributed by atoms with Crippen LogP contribution in [0.25, 0.3) is 0 Å². The van der Waals surface area contributed by atoms with E-state index in [0.29, 0.717) is 5.56 Å². The Morgan fingerprint density at radius 2 is 1.88 bits per heavy atom. The Labute approximate surface area is 99.2 Å². The summed E-state index contributed by atoms with van der Waals surface area (Å²) in [4.78, 5) is 22.0. The summed E-state index contributed by atoms with van der Waals surface area (Å²) in [5.74, 6) is -0.0629. The summed E-state index contributed by atoms with van der Waals surface area (Å²) in [6.07, 6.45) is 0.318. The molecule has 0 fully saturated rings. The first kappa shape index (κ1) is 13.2. The first-order valence-corrected chi connectivity index (χ1v) is 5.29. The van der Waals surface area contributed by atoms with Crippen molar-refractivity contribution in [2.75, 3.05) is 0 Å². The normalized spacial score (nSPS) is 11.2. The van der Waals surface area contributed by atoms with E-state index in [2.05, 4.69) is 0 Å². The Hall–Kier alpha value is -1.91. The molecular weight excluding hydrogens is 222 g/mol. The van der Waals surface area contributed by atoms with Crippen LogP contribution in [0.4, 0.5) is 0 Å². The molecule has 1 N–H and O–H groups in total. The van der Waals surface area contributed by atoms with E-state index in [9.17, 15) is 14.9 Å². The first-order valence-electron chi connectivity index (χ1n) is 5.29. The van der Waals surface area contributed by atoms with Crippen LogP contribution in [0.3, 0.4) is 0 Å². The molecule has 17 heavy (non-hydrogen) atoms. The van der Waals surface area contributed by atoms with E-state index < -0.39 is 5.54 Å². The number of Topliss-reactive ketones (excluding diaryl/α,β-unsaturated/α-hetero) is 1. The number of phenols is 1. The zero-order chi connectivity index (χ0) is 13.1. The van der Waals surface area contributed by atoms with Crippen LogP contribution >= 0.6 is 0 Å². The SMILES string of the molecule is CC(C)(CCC(=O)c1ccc(O)cc1)[N+](=O)[O-]. The lowest BCUT2D eigenvalue weighted by Gasteiger charge is -2.14. The van der Waals surface area contributed by atoms with Gasteiger partial charge in [0, 0.05) is 37.2 Å². The van der Waals surface area contributed by atoms with Crippen molar-refractivity contribution < 1.29 is 14.8 Å².